The minimum Gasteiger partial charge on any atom is -0.447 e. The number of ether oxygens (including phenoxy) is 1. The molecule has 0 aromatic heterocycles. The van der Waals surface area contributed by atoms with E-state index in [1.165, 1.54) is 28.8 Å². The van der Waals surface area contributed by atoms with Gasteiger partial charge in [-0.2, -0.15) is 0 Å². The van der Waals surface area contributed by atoms with Crippen molar-refractivity contribution in [1.29, 1.82) is 0 Å². The molecule has 2 aromatic carbocycles. The Morgan fingerprint density at radius 2 is 2.15 bits per heavy atom. The van der Waals surface area contributed by atoms with Crippen LogP contribution in [0.5, 0.6) is 0 Å². The number of amides is 2. The Hall–Kier alpha value is -3.07. The van der Waals surface area contributed by atoms with Gasteiger partial charge in [-0.1, -0.05) is 12.1 Å². The number of carbonyl (C=O) groups is 2. The number of rotatable bonds is 6. The summed E-state index contributed by atoms with van der Waals surface area (Å²) in [5.41, 5.74) is 1.23. The Morgan fingerprint density at radius 3 is 2.81 bits per heavy atom. The van der Waals surface area contributed by atoms with Gasteiger partial charge < -0.3 is 10.1 Å². The van der Waals surface area contributed by atoms with E-state index in [0.717, 1.165) is 10.5 Å². The second kappa shape index (κ2) is 8.09. The normalized spacial score (nSPS) is 13.4. The van der Waals surface area contributed by atoms with Crippen LogP contribution in [0.25, 0.3) is 0 Å². The highest BCUT2D eigenvalue weighted by Gasteiger charge is 2.24. The lowest BCUT2D eigenvalue weighted by Crippen LogP contribution is -2.25. The van der Waals surface area contributed by atoms with E-state index >= 15 is 0 Å². The molecule has 0 unspecified atom stereocenters. The van der Waals surface area contributed by atoms with Crippen molar-refractivity contribution < 1.29 is 19.2 Å². The van der Waals surface area contributed by atoms with Crippen molar-refractivity contribution in [3.8, 4) is 0 Å². The number of anilines is 1. The van der Waals surface area contributed by atoms with Crippen LogP contribution in [0.1, 0.15) is 15.9 Å². The first-order valence-electron chi connectivity index (χ1n) is 8.13. The van der Waals surface area contributed by atoms with Crippen LogP contribution in [0, 0.1) is 10.1 Å². The lowest BCUT2D eigenvalue weighted by atomic mass is 10.1. The number of hydrogen-bond donors (Lipinski definition) is 1. The first-order valence-corrected chi connectivity index (χ1v) is 9.36. The van der Waals surface area contributed by atoms with Gasteiger partial charge in [-0.05, 0) is 36.1 Å². The summed E-state index contributed by atoms with van der Waals surface area (Å²) >= 11 is 1.40. The molecule has 140 valence electrons. The van der Waals surface area contributed by atoms with Crippen LogP contribution in [0.2, 0.25) is 0 Å². The van der Waals surface area contributed by atoms with Gasteiger partial charge in [0, 0.05) is 23.2 Å². The third kappa shape index (κ3) is 4.20. The summed E-state index contributed by atoms with van der Waals surface area (Å²) in [4.78, 5) is 37.1. The van der Waals surface area contributed by atoms with Crippen LogP contribution in [-0.2, 0) is 11.3 Å². The maximum absolute atomic E-state index is 12.5. The predicted molar refractivity (Wildman–Crippen MR) is 101 cm³/mol. The number of nitro benzene ring substituents is 1. The quantitative estimate of drug-likeness (QED) is 0.464. The van der Waals surface area contributed by atoms with Gasteiger partial charge in [0.05, 0.1) is 11.5 Å². The second-order valence-corrected chi connectivity index (χ2v) is 6.64. The van der Waals surface area contributed by atoms with Crippen LogP contribution in [-0.4, -0.2) is 36.3 Å². The molecule has 1 saturated heterocycles. The van der Waals surface area contributed by atoms with E-state index in [0.29, 0.717) is 18.8 Å². The van der Waals surface area contributed by atoms with Crippen molar-refractivity contribution in [2.24, 2.45) is 0 Å². The van der Waals surface area contributed by atoms with Gasteiger partial charge >= 0.3 is 6.09 Å². The van der Waals surface area contributed by atoms with Crippen molar-refractivity contribution in [2.45, 2.75) is 11.4 Å². The molecule has 0 atom stereocenters. The Balaban J connectivity index is 1.75. The summed E-state index contributed by atoms with van der Waals surface area (Å²) in [7, 11) is 0. The summed E-state index contributed by atoms with van der Waals surface area (Å²) in [5.74, 6) is -0.524. The van der Waals surface area contributed by atoms with Crippen LogP contribution < -0.4 is 10.2 Å². The molecule has 1 aliphatic heterocycles. The number of benzene rings is 2. The molecule has 1 aliphatic rings. The average molecular weight is 387 g/mol. The number of thioether (sulfide) groups is 1. The average Bonchev–Trinajstić information content (AvgIpc) is 3.11. The highest BCUT2D eigenvalue weighted by molar-refractivity contribution is 7.98. The molecule has 3 rings (SSSR count). The van der Waals surface area contributed by atoms with Crippen LogP contribution >= 0.6 is 11.8 Å². The first kappa shape index (κ1) is 18.7. The fourth-order valence-corrected chi connectivity index (χ4v) is 3.16. The number of nitrogens with one attached hydrogen (secondary N) is 1. The van der Waals surface area contributed by atoms with E-state index in [9.17, 15) is 19.7 Å². The zero-order valence-electron chi connectivity index (χ0n) is 14.5. The summed E-state index contributed by atoms with van der Waals surface area (Å²) in [5, 5.41) is 13.9. The second-order valence-electron chi connectivity index (χ2n) is 5.76. The first-order chi connectivity index (χ1) is 13.0. The van der Waals surface area contributed by atoms with Crippen molar-refractivity contribution in [2.75, 3.05) is 24.3 Å². The standard InChI is InChI=1S/C18H17N3O5S/c1-27-14-5-6-16(21(24)25)15(10-14)17(22)19-11-12-3-2-4-13(9-12)20-7-8-26-18(20)23/h2-6,9-10H,7-8,11H2,1H3,(H,19,22). The Morgan fingerprint density at radius 1 is 1.33 bits per heavy atom. The highest BCUT2D eigenvalue weighted by atomic mass is 32.2. The van der Waals surface area contributed by atoms with Gasteiger partial charge in [-0.15, -0.1) is 11.8 Å². The lowest BCUT2D eigenvalue weighted by molar-refractivity contribution is -0.385. The topological polar surface area (TPSA) is 102 Å². The monoisotopic (exact) mass is 387 g/mol. The SMILES string of the molecule is CSc1ccc([N+](=O)[O-])c(C(=O)NCc2cccc(N3CCOC3=O)c2)c1. The molecule has 0 radical (unpaired) electrons. The van der Waals surface area contributed by atoms with Gasteiger partial charge in [0.2, 0.25) is 0 Å². The van der Waals surface area contributed by atoms with Crippen molar-refractivity contribution in [3.63, 3.8) is 0 Å². The smallest absolute Gasteiger partial charge is 0.414 e. The molecule has 0 aliphatic carbocycles. The number of nitro groups is 1. The lowest BCUT2D eigenvalue weighted by Gasteiger charge is -2.14. The summed E-state index contributed by atoms with van der Waals surface area (Å²) < 4.78 is 4.92. The van der Waals surface area contributed by atoms with E-state index in [4.69, 9.17) is 4.74 Å². The number of carbonyl (C=O) groups excluding carboxylic acids is 2. The van der Waals surface area contributed by atoms with Gasteiger partial charge in [0.15, 0.2) is 0 Å². The van der Waals surface area contributed by atoms with Crippen LogP contribution in [0.15, 0.2) is 47.4 Å². The molecule has 1 fully saturated rings. The van der Waals surface area contributed by atoms with Gasteiger partial charge in [0.25, 0.3) is 11.6 Å². The molecule has 0 bridgehead atoms. The molecule has 1 N–H and O–H groups in total. The Bertz CT molecular complexity index is 902. The summed E-state index contributed by atoms with van der Waals surface area (Å²) in [6.45, 7) is 0.994. The summed E-state index contributed by atoms with van der Waals surface area (Å²) in [6, 6.07) is 11.6. The van der Waals surface area contributed by atoms with E-state index in [1.54, 1.807) is 30.3 Å². The number of hydrogen-bond acceptors (Lipinski definition) is 6. The van der Waals surface area contributed by atoms with Crippen LogP contribution in [0.4, 0.5) is 16.2 Å². The molecule has 9 heteroatoms. The maximum Gasteiger partial charge on any atom is 0.414 e. The van der Waals surface area contributed by atoms with Gasteiger partial charge in [0.1, 0.15) is 12.2 Å². The van der Waals surface area contributed by atoms with E-state index in [2.05, 4.69) is 5.32 Å². The molecule has 0 saturated carbocycles. The third-order valence-electron chi connectivity index (χ3n) is 4.08. The highest BCUT2D eigenvalue weighted by Crippen LogP contribution is 2.25. The Labute approximate surface area is 159 Å². The fourth-order valence-electron chi connectivity index (χ4n) is 2.72. The van der Waals surface area contributed by atoms with Crippen molar-refractivity contribution in [1.82, 2.24) is 5.32 Å². The minimum absolute atomic E-state index is 0.0196. The Kier molecular flexibility index (Phi) is 5.60. The van der Waals surface area contributed by atoms with Crippen molar-refractivity contribution >= 4 is 35.1 Å². The molecule has 27 heavy (non-hydrogen) atoms. The summed E-state index contributed by atoms with van der Waals surface area (Å²) in [6.07, 6.45) is 1.43. The molecule has 2 amide bonds. The predicted octanol–water partition coefficient (Wildman–Crippen LogP) is 3.20. The zero-order chi connectivity index (χ0) is 19.4. The molecule has 2 aromatic rings. The maximum atomic E-state index is 12.5. The van der Waals surface area contributed by atoms with E-state index in [1.807, 2.05) is 6.26 Å². The zero-order valence-corrected chi connectivity index (χ0v) is 15.3. The van der Waals surface area contributed by atoms with Gasteiger partial charge in [-0.25, -0.2) is 4.79 Å². The number of nitrogens with zero attached hydrogens (tertiary/aromatic N) is 2. The molecular formula is C18H17N3O5S. The molecule has 0 spiro atoms. The molecule has 1 heterocycles. The molecule has 8 nitrogen and oxygen atoms in total. The van der Waals surface area contributed by atoms with Crippen LogP contribution in [0.3, 0.4) is 0 Å². The third-order valence-corrected chi connectivity index (χ3v) is 4.81. The van der Waals surface area contributed by atoms with Crippen molar-refractivity contribution in [3.05, 3.63) is 63.7 Å². The fraction of sp³-hybridized carbons (Fsp3) is 0.222. The molecular weight excluding hydrogens is 370 g/mol. The van der Waals surface area contributed by atoms with E-state index < -0.39 is 16.9 Å². The van der Waals surface area contributed by atoms with Gasteiger partial charge in [-0.3, -0.25) is 19.8 Å². The largest absolute Gasteiger partial charge is 0.447 e. The van der Waals surface area contributed by atoms with E-state index in [-0.39, 0.29) is 17.8 Å². The minimum atomic E-state index is -0.571. The number of cyclic esters (lactones) is 1.